The number of carbonyl (C=O) groups excluding carboxylic acids is 2. The Kier molecular flexibility index (Phi) is 5.77. The lowest BCUT2D eigenvalue weighted by molar-refractivity contribution is -0.134. The lowest BCUT2D eigenvalue weighted by Gasteiger charge is -2.27. The molecular formula is C19H26ClN3O2. The van der Waals surface area contributed by atoms with Crippen molar-refractivity contribution in [1.29, 1.82) is 0 Å². The van der Waals surface area contributed by atoms with E-state index in [1.807, 2.05) is 0 Å². The van der Waals surface area contributed by atoms with Crippen molar-refractivity contribution in [3.63, 3.8) is 0 Å². The molecule has 1 atom stereocenters. The van der Waals surface area contributed by atoms with Gasteiger partial charge in [0.2, 0.25) is 11.8 Å². The number of carbonyl (C=O) groups is 2. The fourth-order valence-electron chi connectivity index (χ4n) is 4.27. The monoisotopic (exact) mass is 363 g/mol. The first kappa shape index (κ1) is 18.4. The van der Waals surface area contributed by atoms with E-state index in [9.17, 15) is 9.59 Å². The van der Waals surface area contributed by atoms with Crippen molar-refractivity contribution in [3.05, 3.63) is 34.9 Å². The summed E-state index contributed by atoms with van der Waals surface area (Å²) in [5.41, 5.74) is 3.80. The molecule has 6 heteroatoms. The number of hydrogen-bond acceptors (Lipinski definition) is 4. The molecular weight excluding hydrogens is 338 g/mol. The number of nitrogens with one attached hydrogen (secondary N) is 2. The Morgan fingerprint density at radius 1 is 1.04 bits per heavy atom. The summed E-state index contributed by atoms with van der Waals surface area (Å²) >= 11 is 0. The number of hydrogen-bond donors (Lipinski definition) is 2. The maximum atomic E-state index is 12.1. The maximum absolute atomic E-state index is 12.1. The van der Waals surface area contributed by atoms with Gasteiger partial charge in [-0.1, -0.05) is 18.2 Å². The molecule has 2 amide bonds. The molecule has 136 valence electrons. The smallest absolute Gasteiger partial charge is 0.234 e. The Labute approximate surface area is 154 Å². The van der Waals surface area contributed by atoms with Crippen molar-refractivity contribution in [3.8, 4) is 0 Å². The molecule has 2 N–H and O–H groups in total. The summed E-state index contributed by atoms with van der Waals surface area (Å²) in [7, 11) is 0. The second-order valence-electron chi connectivity index (χ2n) is 7.39. The van der Waals surface area contributed by atoms with Crippen LogP contribution in [-0.4, -0.2) is 36.3 Å². The Bertz CT molecular complexity index is 658. The first-order chi connectivity index (χ1) is 11.7. The van der Waals surface area contributed by atoms with E-state index >= 15 is 0 Å². The number of amides is 2. The highest BCUT2D eigenvalue weighted by Crippen LogP contribution is 2.31. The van der Waals surface area contributed by atoms with Gasteiger partial charge in [-0.25, -0.2) is 0 Å². The molecule has 25 heavy (non-hydrogen) atoms. The molecule has 0 spiro atoms. The van der Waals surface area contributed by atoms with Crippen LogP contribution >= 0.6 is 12.4 Å². The van der Waals surface area contributed by atoms with Gasteiger partial charge in [-0.3, -0.25) is 19.8 Å². The zero-order valence-corrected chi connectivity index (χ0v) is 15.2. The Morgan fingerprint density at radius 3 is 2.56 bits per heavy atom. The zero-order chi connectivity index (χ0) is 16.5. The van der Waals surface area contributed by atoms with Gasteiger partial charge in [0.05, 0.1) is 5.92 Å². The van der Waals surface area contributed by atoms with Crippen molar-refractivity contribution in [2.45, 2.75) is 44.7 Å². The summed E-state index contributed by atoms with van der Waals surface area (Å²) in [6.07, 6.45) is 3.61. The summed E-state index contributed by atoms with van der Waals surface area (Å²) in [6.45, 7) is 5.47. The van der Waals surface area contributed by atoms with Gasteiger partial charge in [0, 0.05) is 26.1 Å². The Balaban J connectivity index is 0.00000182. The SMILES string of the molecule is Cl.O=C1CCC(c2ccc3c(c2)CN(CC2CCNCC2)C3)C(=O)N1. The van der Waals surface area contributed by atoms with E-state index in [4.69, 9.17) is 0 Å². The number of imide groups is 1. The largest absolute Gasteiger partial charge is 0.317 e. The normalized spacial score (nSPS) is 24.6. The van der Waals surface area contributed by atoms with Gasteiger partial charge in [-0.2, -0.15) is 0 Å². The third-order valence-electron chi connectivity index (χ3n) is 5.63. The molecule has 3 heterocycles. The van der Waals surface area contributed by atoms with Crippen molar-refractivity contribution in [2.75, 3.05) is 19.6 Å². The van der Waals surface area contributed by atoms with Crippen LogP contribution in [0.3, 0.4) is 0 Å². The zero-order valence-electron chi connectivity index (χ0n) is 14.4. The number of nitrogens with zero attached hydrogens (tertiary/aromatic N) is 1. The summed E-state index contributed by atoms with van der Waals surface area (Å²) in [5, 5.41) is 5.89. The third-order valence-corrected chi connectivity index (χ3v) is 5.63. The van der Waals surface area contributed by atoms with Gasteiger partial charge in [-0.05, 0) is 55.0 Å². The third kappa shape index (κ3) is 4.05. The van der Waals surface area contributed by atoms with Crippen molar-refractivity contribution < 1.29 is 9.59 Å². The molecule has 1 aromatic rings. The van der Waals surface area contributed by atoms with Gasteiger partial charge >= 0.3 is 0 Å². The highest BCUT2D eigenvalue weighted by atomic mass is 35.5. The first-order valence-corrected chi connectivity index (χ1v) is 9.07. The number of halogens is 1. The molecule has 1 aromatic carbocycles. The molecule has 3 aliphatic heterocycles. The summed E-state index contributed by atoms with van der Waals surface area (Å²) in [6, 6.07) is 6.45. The highest BCUT2D eigenvalue weighted by Gasteiger charge is 2.29. The van der Waals surface area contributed by atoms with E-state index in [0.717, 1.165) is 37.7 Å². The minimum atomic E-state index is -0.175. The lowest BCUT2D eigenvalue weighted by Crippen LogP contribution is -2.39. The standard InChI is InChI=1S/C19H25N3O2.ClH/c23-18-4-3-17(19(24)21-18)14-1-2-15-11-22(12-16(15)9-14)10-13-5-7-20-8-6-13;/h1-2,9,13,17,20H,3-8,10-12H2,(H,21,23,24);1H. The van der Waals surface area contributed by atoms with E-state index < -0.39 is 0 Å². The molecule has 2 fully saturated rings. The second-order valence-corrected chi connectivity index (χ2v) is 7.39. The number of benzene rings is 1. The quantitative estimate of drug-likeness (QED) is 0.806. The summed E-state index contributed by atoms with van der Waals surface area (Å²) in [4.78, 5) is 25.9. The number of fused-ring (bicyclic) bond motifs is 1. The van der Waals surface area contributed by atoms with E-state index in [1.165, 1.54) is 30.5 Å². The van der Waals surface area contributed by atoms with E-state index in [1.54, 1.807) is 0 Å². The minimum Gasteiger partial charge on any atom is -0.317 e. The fraction of sp³-hybridized carbons (Fsp3) is 0.579. The van der Waals surface area contributed by atoms with Crippen LogP contribution in [0.4, 0.5) is 0 Å². The summed E-state index contributed by atoms with van der Waals surface area (Å²) < 4.78 is 0. The van der Waals surface area contributed by atoms with E-state index in [2.05, 4.69) is 33.7 Å². The first-order valence-electron chi connectivity index (χ1n) is 9.07. The van der Waals surface area contributed by atoms with Crippen molar-refractivity contribution in [2.24, 2.45) is 5.92 Å². The fourth-order valence-corrected chi connectivity index (χ4v) is 4.27. The molecule has 0 aromatic heterocycles. The van der Waals surface area contributed by atoms with E-state index in [-0.39, 0.29) is 30.1 Å². The molecule has 1 unspecified atom stereocenters. The predicted molar refractivity (Wildman–Crippen MR) is 98.5 cm³/mol. The van der Waals surface area contributed by atoms with Gasteiger partial charge in [0.1, 0.15) is 0 Å². The average Bonchev–Trinajstić information content (AvgIpc) is 2.97. The van der Waals surface area contributed by atoms with Gasteiger partial charge < -0.3 is 5.32 Å². The maximum Gasteiger partial charge on any atom is 0.234 e. The summed E-state index contributed by atoms with van der Waals surface area (Å²) in [5.74, 6) is 0.336. The average molecular weight is 364 g/mol. The van der Waals surface area contributed by atoms with Gasteiger partial charge in [0.15, 0.2) is 0 Å². The van der Waals surface area contributed by atoms with Crippen LogP contribution in [0.5, 0.6) is 0 Å². The topological polar surface area (TPSA) is 61.4 Å². The van der Waals surface area contributed by atoms with Crippen LogP contribution in [0.1, 0.15) is 48.3 Å². The van der Waals surface area contributed by atoms with E-state index in [0.29, 0.717) is 12.8 Å². The number of piperidine rings is 2. The molecule has 4 rings (SSSR count). The van der Waals surface area contributed by atoms with Crippen LogP contribution in [-0.2, 0) is 22.7 Å². The van der Waals surface area contributed by atoms with Crippen LogP contribution in [0.25, 0.3) is 0 Å². The van der Waals surface area contributed by atoms with Crippen LogP contribution < -0.4 is 10.6 Å². The van der Waals surface area contributed by atoms with Crippen molar-refractivity contribution >= 4 is 24.2 Å². The molecule has 0 saturated carbocycles. The van der Waals surface area contributed by atoms with Crippen LogP contribution in [0.15, 0.2) is 18.2 Å². The van der Waals surface area contributed by atoms with Gasteiger partial charge in [0.25, 0.3) is 0 Å². The second kappa shape index (κ2) is 7.85. The van der Waals surface area contributed by atoms with Crippen molar-refractivity contribution in [1.82, 2.24) is 15.5 Å². The number of rotatable bonds is 3. The molecule has 0 radical (unpaired) electrons. The molecule has 0 aliphatic carbocycles. The van der Waals surface area contributed by atoms with Gasteiger partial charge in [-0.15, -0.1) is 12.4 Å². The Hall–Kier alpha value is -1.43. The predicted octanol–water partition coefficient (Wildman–Crippen LogP) is 1.94. The van der Waals surface area contributed by atoms with Crippen LogP contribution in [0, 0.1) is 5.92 Å². The molecule has 0 bridgehead atoms. The molecule has 2 saturated heterocycles. The lowest BCUT2D eigenvalue weighted by atomic mass is 9.89. The molecule has 3 aliphatic rings. The Morgan fingerprint density at radius 2 is 1.80 bits per heavy atom. The van der Waals surface area contributed by atoms with Crippen LogP contribution in [0.2, 0.25) is 0 Å². The minimum absolute atomic E-state index is 0. The highest BCUT2D eigenvalue weighted by molar-refractivity contribution is 6.00. The molecule has 5 nitrogen and oxygen atoms in total.